The van der Waals surface area contributed by atoms with E-state index in [1.165, 1.54) is 24.1 Å². The van der Waals surface area contributed by atoms with Crippen LogP contribution >= 0.6 is 27.5 Å². The van der Waals surface area contributed by atoms with Crippen molar-refractivity contribution in [3.8, 4) is 0 Å². The van der Waals surface area contributed by atoms with Crippen molar-refractivity contribution in [3.05, 3.63) is 28.8 Å². The third kappa shape index (κ3) is 2.72. The van der Waals surface area contributed by atoms with Crippen LogP contribution in [0.15, 0.2) is 18.2 Å². The summed E-state index contributed by atoms with van der Waals surface area (Å²) in [5, 5.41) is 1.74. The average Bonchev–Trinajstić information content (AvgIpc) is 3.10. The van der Waals surface area contributed by atoms with E-state index >= 15 is 0 Å². The number of para-hydroxylation sites is 1. The van der Waals surface area contributed by atoms with E-state index in [1.54, 1.807) is 0 Å². The first-order chi connectivity index (χ1) is 7.76. The summed E-state index contributed by atoms with van der Waals surface area (Å²) >= 11 is 9.86. The van der Waals surface area contributed by atoms with Gasteiger partial charge >= 0.3 is 0 Å². The molecule has 3 heteroatoms. The first-order valence-corrected chi connectivity index (χ1v) is 7.34. The molecular weight excluding hydrogens is 286 g/mol. The van der Waals surface area contributed by atoms with Crippen molar-refractivity contribution < 1.29 is 0 Å². The SMILES string of the molecule is CCN(CC1CC1)c1c(Cl)cccc1CBr. The molecule has 2 rings (SSSR count). The summed E-state index contributed by atoms with van der Waals surface area (Å²) in [5.74, 6) is 0.888. The maximum Gasteiger partial charge on any atom is 0.0642 e. The second kappa shape index (κ2) is 5.42. The molecule has 1 aliphatic rings. The highest BCUT2D eigenvalue weighted by Gasteiger charge is 2.25. The number of hydrogen-bond acceptors (Lipinski definition) is 1. The van der Waals surface area contributed by atoms with Crippen LogP contribution < -0.4 is 4.90 Å². The van der Waals surface area contributed by atoms with Gasteiger partial charge in [0, 0.05) is 18.4 Å². The third-order valence-electron chi connectivity index (χ3n) is 3.09. The van der Waals surface area contributed by atoms with E-state index in [2.05, 4.69) is 33.8 Å². The summed E-state index contributed by atoms with van der Waals surface area (Å²) in [6, 6.07) is 6.15. The number of halogens is 2. The summed E-state index contributed by atoms with van der Waals surface area (Å²) in [5.41, 5.74) is 2.51. The van der Waals surface area contributed by atoms with Gasteiger partial charge in [-0.1, -0.05) is 39.7 Å². The Balaban J connectivity index is 2.26. The van der Waals surface area contributed by atoms with Crippen molar-refractivity contribution in [1.82, 2.24) is 0 Å². The average molecular weight is 303 g/mol. The second-order valence-corrected chi connectivity index (χ2v) is 5.33. The van der Waals surface area contributed by atoms with Crippen LogP contribution in [-0.4, -0.2) is 13.1 Å². The van der Waals surface area contributed by atoms with Gasteiger partial charge in [-0.05, 0) is 37.3 Å². The van der Waals surface area contributed by atoms with E-state index < -0.39 is 0 Å². The summed E-state index contributed by atoms with van der Waals surface area (Å²) < 4.78 is 0. The van der Waals surface area contributed by atoms with Crippen LogP contribution in [0.25, 0.3) is 0 Å². The van der Waals surface area contributed by atoms with Crippen molar-refractivity contribution in [2.45, 2.75) is 25.1 Å². The number of nitrogens with zero attached hydrogens (tertiary/aromatic N) is 1. The standard InChI is InChI=1S/C13H17BrClN/c1-2-16(9-10-6-7-10)13-11(8-14)4-3-5-12(13)15/h3-5,10H,2,6-9H2,1H3. The van der Waals surface area contributed by atoms with Crippen LogP contribution in [0.3, 0.4) is 0 Å². The van der Waals surface area contributed by atoms with Gasteiger partial charge in [-0.3, -0.25) is 0 Å². The third-order valence-corrected chi connectivity index (χ3v) is 4.00. The van der Waals surface area contributed by atoms with Crippen LogP contribution in [0, 0.1) is 5.92 Å². The largest absolute Gasteiger partial charge is 0.370 e. The van der Waals surface area contributed by atoms with Crippen molar-refractivity contribution in [2.75, 3.05) is 18.0 Å². The minimum Gasteiger partial charge on any atom is -0.370 e. The maximum atomic E-state index is 6.32. The Hall–Kier alpha value is -0.210. The Kier molecular flexibility index (Phi) is 4.15. The van der Waals surface area contributed by atoms with Crippen LogP contribution in [0.4, 0.5) is 5.69 Å². The molecule has 0 bridgehead atoms. The number of alkyl halides is 1. The zero-order valence-electron chi connectivity index (χ0n) is 9.55. The van der Waals surface area contributed by atoms with Gasteiger partial charge in [0.05, 0.1) is 10.7 Å². The van der Waals surface area contributed by atoms with Gasteiger partial charge in [0.25, 0.3) is 0 Å². The fourth-order valence-corrected chi connectivity index (χ4v) is 2.78. The fourth-order valence-electron chi connectivity index (χ4n) is 2.01. The molecule has 0 aromatic heterocycles. The minimum absolute atomic E-state index is 0.865. The zero-order chi connectivity index (χ0) is 11.5. The van der Waals surface area contributed by atoms with Gasteiger partial charge < -0.3 is 4.90 Å². The summed E-state index contributed by atoms with van der Waals surface area (Å²) in [6.45, 7) is 4.38. The first-order valence-electron chi connectivity index (χ1n) is 5.84. The first kappa shape index (κ1) is 12.3. The molecule has 0 amide bonds. The van der Waals surface area contributed by atoms with Crippen molar-refractivity contribution in [3.63, 3.8) is 0 Å². The topological polar surface area (TPSA) is 3.24 Å². The number of benzene rings is 1. The molecule has 0 aliphatic heterocycles. The molecule has 1 fully saturated rings. The van der Waals surface area contributed by atoms with Crippen LogP contribution in [0.1, 0.15) is 25.3 Å². The lowest BCUT2D eigenvalue weighted by Gasteiger charge is -2.26. The molecule has 1 saturated carbocycles. The quantitative estimate of drug-likeness (QED) is 0.725. The van der Waals surface area contributed by atoms with Gasteiger partial charge in [0.1, 0.15) is 0 Å². The van der Waals surface area contributed by atoms with E-state index in [-0.39, 0.29) is 0 Å². The molecule has 1 nitrogen and oxygen atoms in total. The molecule has 0 spiro atoms. The van der Waals surface area contributed by atoms with E-state index in [4.69, 9.17) is 11.6 Å². The molecule has 1 aromatic carbocycles. The molecule has 1 aliphatic carbocycles. The van der Waals surface area contributed by atoms with E-state index in [9.17, 15) is 0 Å². The monoisotopic (exact) mass is 301 g/mol. The Morgan fingerprint density at radius 2 is 2.19 bits per heavy atom. The van der Waals surface area contributed by atoms with Crippen LogP contribution in [0.2, 0.25) is 5.02 Å². The molecule has 1 aromatic rings. The van der Waals surface area contributed by atoms with E-state index in [0.717, 1.165) is 29.4 Å². The Bertz CT molecular complexity index is 363. The highest BCUT2D eigenvalue weighted by molar-refractivity contribution is 9.08. The number of hydrogen-bond donors (Lipinski definition) is 0. The zero-order valence-corrected chi connectivity index (χ0v) is 11.9. The lowest BCUT2D eigenvalue weighted by molar-refractivity contribution is 0.740. The van der Waals surface area contributed by atoms with Gasteiger partial charge in [-0.15, -0.1) is 0 Å². The molecule has 0 N–H and O–H groups in total. The number of rotatable bonds is 5. The van der Waals surface area contributed by atoms with Gasteiger partial charge in [-0.2, -0.15) is 0 Å². The number of anilines is 1. The van der Waals surface area contributed by atoms with Crippen LogP contribution in [0.5, 0.6) is 0 Å². The lowest BCUT2D eigenvalue weighted by Crippen LogP contribution is -2.26. The Morgan fingerprint density at radius 3 is 2.75 bits per heavy atom. The van der Waals surface area contributed by atoms with Crippen molar-refractivity contribution in [1.29, 1.82) is 0 Å². The molecule has 0 heterocycles. The predicted octanol–water partition coefficient (Wildman–Crippen LogP) is 4.47. The summed E-state index contributed by atoms with van der Waals surface area (Å²) in [6.07, 6.45) is 2.76. The van der Waals surface area contributed by atoms with Gasteiger partial charge in [0.15, 0.2) is 0 Å². The Labute approximate surface area is 111 Å². The molecule has 88 valence electrons. The molecular formula is C13H17BrClN. The summed E-state index contributed by atoms with van der Waals surface area (Å²) in [4.78, 5) is 2.41. The molecule has 0 unspecified atom stereocenters. The highest BCUT2D eigenvalue weighted by atomic mass is 79.9. The Morgan fingerprint density at radius 1 is 1.44 bits per heavy atom. The fraction of sp³-hybridized carbons (Fsp3) is 0.538. The van der Waals surface area contributed by atoms with Crippen LogP contribution in [-0.2, 0) is 5.33 Å². The van der Waals surface area contributed by atoms with Gasteiger partial charge in [-0.25, -0.2) is 0 Å². The maximum absolute atomic E-state index is 6.32. The van der Waals surface area contributed by atoms with E-state index in [1.807, 2.05) is 12.1 Å². The second-order valence-electron chi connectivity index (χ2n) is 4.36. The van der Waals surface area contributed by atoms with E-state index in [0.29, 0.717) is 0 Å². The minimum atomic E-state index is 0.865. The smallest absolute Gasteiger partial charge is 0.0642 e. The molecule has 0 saturated heterocycles. The van der Waals surface area contributed by atoms with Crippen molar-refractivity contribution in [2.24, 2.45) is 5.92 Å². The lowest BCUT2D eigenvalue weighted by atomic mass is 10.1. The van der Waals surface area contributed by atoms with Gasteiger partial charge in [0.2, 0.25) is 0 Å². The van der Waals surface area contributed by atoms with Crippen molar-refractivity contribution >= 4 is 33.2 Å². The molecule has 16 heavy (non-hydrogen) atoms. The predicted molar refractivity (Wildman–Crippen MR) is 74.7 cm³/mol. The normalized spacial score (nSPS) is 15.2. The molecule has 0 atom stereocenters. The summed E-state index contributed by atoms with van der Waals surface area (Å²) in [7, 11) is 0. The molecule has 0 radical (unpaired) electrons. The highest BCUT2D eigenvalue weighted by Crippen LogP contribution is 2.36.